The lowest BCUT2D eigenvalue weighted by atomic mass is 10.2. The summed E-state index contributed by atoms with van der Waals surface area (Å²) >= 11 is 0. The van der Waals surface area contributed by atoms with Crippen LogP contribution in [-0.2, 0) is 14.4 Å². The van der Waals surface area contributed by atoms with Crippen molar-refractivity contribution in [1.82, 2.24) is 10.7 Å². The molecule has 3 N–H and O–H groups in total. The first kappa shape index (κ1) is 24.1. The third-order valence-corrected chi connectivity index (χ3v) is 4.04. The topological polar surface area (TPSA) is 118 Å². The molecule has 2 aromatic carbocycles. The van der Waals surface area contributed by atoms with Crippen LogP contribution in [0.15, 0.2) is 60.2 Å². The van der Waals surface area contributed by atoms with E-state index in [-0.39, 0.29) is 19.1 Å². The molecule has 0 heterocycles. The van der Waals surface area contributed by atoms with Crippen LogP contribution in [0, 0.1) is 6.92 Å². The standard InChI is InChI=1S/C23H26N4O5/c1-4-12-24-22(29)23(30)27-25-14-17-10-11-19(20(13-17)31-5-2)32-15-21(28)26-18-9-7-6-8-16(18)3/h4,6-11,13-14H,1,5,12,15H2,2-3H3,(H,24,29)(H,26,28)(H,27,30)/b25-14-. The molecular weight excluding hydrogens is 412 g/mol. The van der Waals surface area contributed by atoms with Gasteiger partial charge in [0.25, 0.3) is 5.91 Å². The van der Waals surface area contributed by atoms with Crippen LogP contribution >= 0.6 is 0 Å². The van der Waals surface area contributed by atoms with E-state index in [1.807, 2.05) is 38.1 Å². The van der Waals surface area contributed by atoms with Gasteiger partial charge in [0, 0.05) is 12.2 Å². The first-order valence-electron chi connectivity index (χ1n) is 9.91. The Morgan fingerprint density at radius 2 is 1.84 bits per heavy atom. The van der Waals surface area contributed by atoms with Gasteiger partial charge in [-0.3, -0.25) is 14.4 Å². The number of hydrogen-bond donors (Lipinski definition) is 3. The zero-order chi connectivity index (χ0) is 23.3. The van der Waals surface area contributed by atoms with E-state index in [1.165, 1.54) is 12.3 Å². The van der Waals surface area contributed by atoms with E-state index in [2.05, 4.69) is 27.7 Å². The predicted octanol–water partition coefficient (Wildman–Crippen LogP) is 2.16. The first-order chi connectivity index (χ1) is 15.4. The molecular formula is C23H26N4O5. The largest absolute Gasteiger partial charge is 0.490 e. The Labute approximate surface area is 186 Å². The summed E-state index contributed by atoms with van der Waals surface area (Å²) in [5.41, 5.74) is 4.40. The van der Waals surface area contributed by atoms with Crippen LogP contribution < -0.4 is 25.5 Å². The van der Waals surface area contributed by atoms with Crippen LogP contribution in [0.2, 0.25) is 0 Å². The second-order valence-corrected chi connectivity index (χ2v) is 6.49. The minimum absolute atomic E-state index is 0.179. The number of ether oxygens (including phenoxy) is 2. The minimum atomic E-state index is -0.896. The first-order valence-corrected chi connectivity index (χ1v) is 9.91. The molecule has 32 heavy (non-hydrogen) atoms. The minimum Gasteiger partial charge on any atom is -0.490 e. The van der Waals surface area contributed by atoms with Gasteiger partial charge >= 0.3 is 11.8 Å². The number of hydrogen-bond acceptors (Lipinski definition) is 6. The van der Waals surface area contributed by atoms with Crippen LogP contribution in [0.25, 0.3) is 0 Å². The van der Waals surface area contributed by atoms with Crippen LogP contribution in [0.1, 0.15) is 18.1 Å². The fourth-order valence-corrected chi connectivity index (χ4v) is 2.50. The van der Waals surface area contributed by atoms with Crippen molar-refractivity contribution in [3.8, 4) is 11.5 Å². The van der Waals surface area contributed by atoms with Crippen molar-refractivity contribution in [1.29, 1.82) is 0 Å². The highest BCUT2D eigenvalue weighted by molar-refractivity contribution is 6.35. The maximum Gasteiger partial charge on any atom is 0.329 e. The van der Waals surface area contributed by atoms with E-state index < -0.39 is 11.8 Å². The van der Waals surface area contributed by atoms with E-state index in [0.717, 1.165) is 11.3 Å². The molecule has 0 aliphatic rings. The van der Waals surface area contributed by atoms with Crippen molar-refractivity contribution < 1.29 is 23.9 Å². The smallest absolute Gasteiger partial charge is 0.329 e. The molecule has 0 saturated carbocycles. The highest BCUT2D eigenvalue weighted by Crippen LogP contribution is 2.28. The van der Waals surface area contributed by atoms with E-state index in [0.29, 0.717) is 23.7 Å². The number of nitrogens with one attached hydrogen (secondary N) is 3. The lowest BCUT2D eigenvalue weighted by Gasteiger charge is -2.13. The van der Waals surface area contributed by atoms with Crippen molar-refractivity contribution >= 4 is 29.6 Å². The quantitative estimate of drug-likeness (QED) is 0.227. The second-order valence-electron chi connectivity index (χ2n) is 6.49. The average molecular weight is 438 g/mol. The Kier molecular flexibility index (Phi) is 9.45. The predicted molar refractivity (Wildman–Crippen MR) is 122 cm³/mol. The van der Waals surface area contributed by atoms with E-state index in [1.54, 1.807) is 18.2 Å². The van der Waals surface area contributed by atoms with Crippen molar-refractivity contribution in [3.05, 3.63) is 66.2 Å². The van der Waals surface area contributed by atoms with Gasteiger partial charge in [0.15, 0.2) is 18.1 Å². The number of anilines is 1. The number of amides is 3. The summed E-state index contributed by atoms with van der Waals surface area (Å²) in [4.78, 5) is 35.3. The Balaban J connectivity index is 1.97. The van der Waals surface area contributed by atoms with Crippen molar-refractivity contribution in [2.75, 3.05) is 25.1 Å². The zero-order valence-electron chi connectivity index (χ0n) is 18.0. The molecule has 9 nitrogen and oxygen atoms in total. The van der Waals surface area contributed by atoms with Gasteiger partial charge in [-0.1, -0.05) is 24.3 Å². The molecule has 0 unspecified atom stereocenters. The summed E-state index contributed by atoms with van der Waals surface area (Å²) in [6.45, 7) is 7.53. The lowest BCUT2D eigenvalue weighted by molar-refractivity contribution is -0.139. The maximum absolute atomic E-state index is 12.2. The molecule has 2 rings (SSSR count). The fourth-order valence-electron chi connectivity index (χ4n) is 2.50. The molecule has 2 aromatic rings. The molecule has 0 saturated heterocycles. The van der Waals surface area contributed by atoms with Crippen LogP contribution in [-0.4, -0.2) is 43.7 Å². The van der Waals surface area contributed by atoms with Gasteiger partial charge in [0.2, 0.25) is 0 Å². The number of rotatable bonds is 10. The summed E-state index contributed by atoms with van der Waals surface area (Å²) in [7, 11) is 0. The molecule has 0 radical (unpaired) electrons. The number of para-hydroxylation sites is 1. The summed E-state index contributed by atoms with van der Waals surface area (Å²) in [5.74, 6) is -1.21. The molecule has 0 fully saturated rings. The van der Waals surface area contributed by atoms with Gasteiger partial charge in [0.1, 0.15) is 0 Å². The molecule has 0 aromatic heterocycles. The van der Waals surface area contributed by atoms with Crippen LogP contribution in [0.4, 0.5) is 5.69 Å². The van der Waals surface area contributed by atoms with Gasteiger partial charge < -0.3 is 20.1 Å². The van der Waals surface area contributed by atoms with Gasteiger partial charge in [-0.15, -0.1) is 6.58 Å². The third kappa shape index (κ3) is 7.60. The highest BCUT2D eigenvalue weighted by atomic mass is 16.5. The molecule has 0 spiro atoms. The summed E-state index contributed by atoms with van der Waals surface area (Å²) < 4.78 is 11.2. The Morgan fingerprint density at radius 3 is 2.56 bits per heavy atom. The van der Waals surface area contributed by atoms with Gasteiger partial charge in [-0.25, -0.2) is 5.43 Å². The fraction of sp³-hybridized carbons (Fsp3) is 0.217. The Morgan fingerprint density at radius 1 is 1.06 bits per heavy atom. The van der Waals surface area contributed by atoms with E-state index in [4.69, 9.17) is 9.47 Å². The number of aryl methyl sites for hydroxylation is 1. The lowest BCUT2D eigenvalue weighted by Crippen LogP contribution is -2.37. The summed E-state index contributed by atoms with van der Waals surface area (Å²) in [5, 5.41) is 8.90. The highest BCUT2D eigenvalue weighted by Gasteiger charge is 2.12. The Bertz CT molecular complexity index is 1000. The number of hydrazone groups is 1. The monoisotopic (exact) mass is 438 g/mol. The van der Waals surface area contributed by atoms with Gasteiger partial charge in [0.05, 0.1) is 12.8 Å². The molecule has 0 bridgehead atoms. The number of benzene rings is 2. The maximum atomic E-state index is 12.2. The number of nitrogens with zero attached hydrogens (tertiary/aromatic N) is 1. The molecule has 168 valence electrons. The molecule has 0 aliphatic heterocycles. The van der Waals surface area contributed by atoms with Gasteiger partial charge in [-0.05, 0) is 49.2 Å². The molecule has 0 atom stereocenters. The molecule has 9 heteroatoms. The second kappa shape index (κ2) is 12.5. The zero-order valence-corrected chi connectivity index (χ0v) is 18.0. The van der Waals surface area contributed by atoms with E-state index in [9.17, 15) is 14.4 Å². The van der Waals surface area contributed by atoms with Crippen LogP contribution in [0.3, 0.4) is 0 Å². The van der Waals surface area contributed by atoms with Crippen molar-refractivity contribution in [2.24, 2.45) is 5.10 Å². The van der Waals surface area contributed by atoms with Crippen molar-refractivity contribution in [3.63, 3.8) is 0 Å². The summed E-state index contributed by atoms with van der Waals surface area (Å²) in [6, 6.07) is 12.4. The molecule has 3 amide bonds. The van der Waals surface area contributed by atoms with E-state index >= 15 is 0 Å². The Hall–Kier alpha value is -4.14. The number of carbonyl (C=O) groups is 3. The normalized spacial score (nSPS) is 10.3. The van der Waals surface area contributed by atoms with Crippen molar-refractivity contribution in [2.45, 2.75) is 13.8 Å². The summed E-state index contributed by atoms with van der Waals surface area (Å²) in [6.07, 6.45) is 2.82. The SMILES string of the molecule is C=CCNC(=O)C(=O)N/N=C\c1ccc(OCC(=O)Nc2ccccc2C)c(OCC)c1. The third-order valence-electron chi connectivity index (χ3n) is 4.04. The number of carbonyl (C=O) groups excluding carboxylic acids is 3. The van der Waals surface area contributed by atoms with Crippen LogP contribution in [0.5, 0.6) is 11.5 Å². The molecule has 0 aliphatic carbocycles. The van der Waals surface area contributed by atoms with Gasteiger partial charge in [-0.2, -0.15) is 5.10 Å². The average Bonchev–Trinajstić information content (AvgIpc) is 2.78.